The number of fused-ring (bicyclic) bond motifs is 2. The molecule has 10 aromatic rings. The van der Waals surface area contributed by atoms with Crippen molar-refractivity contribution in [2.75, 3.05) is 27.4 Å². The number of benzene rings is 6. The fourth-order valence-corrected chi connectivity index (χ4v) is 9.55. The number of halogens is 14. The van der Waals surface area contributed by atoms with E-state index in [2.05, 4.69) is 19.9 Å². The number of esters is 2. The molecule has 0 saturated heterocycles. The quantitative estimate of drug-likeness (QED) is 0.0311. The Balaban J connectivity index is 0.889. The number of nitrogens with zero attached hydrogens (tertiary/aromatic N) is 6. The Morgan fingerprint density at radius 3 is 1.23 bits per heavy atom. The van der Waals surface area contributed by atoms with E-state index in [9.17, 15) is 27.2 Å². The number of rotatable bonds is 20. The molecule has 0 aliphatic heterocycles. The molecule has 0 atom stereocenters. The van der Waals surface area contributed by atoms with Crippen molar-refractivity contribution >= 4 is 57.2 Å². The van der Waals surface area contributed by atoms with E-state index in [-0.39, 0.29) is 70.2 Å². The second kappa shape index (κ2) is 25.5. The van der Waals surface area contributed by atoms with E-state index in [1.165, 1.54) is 47.6 Å². The maximum atomic E-state index is 16.0. The van der Waals surface area contributed by atoms with E-state index in [0.717, 1.165) is 48.5 Å². The molecule has 0 N–H and O–H groups in total. The van der Waals surface area contributed by atoms with Crippen molar-refractivity contribution in [2.24, 2.45) is 0 Å². The van der Waals surface area contributed by atoms with Crippen LogP contribution >= 0.6 is 23.2 Å². The fourth-order valence-electron chi connectivity index (χ4n) is 9.23. The molecule has 0 spiro atoms. The zero-order valence-corrected chi connectivity index (χ0v) is 46.2. The Labute approximate surface area is 493 Å². The average molecular weight is 1250 g/mol. The number of hydrogen-bond donors (Lipinski definition) is 0. The molecule has 10 rings (SSSR count). The zero-order chi connectivity index (χ0) is 62.1. The first kappa shape index (κ1) is 61.1. The number of carbonyl (C=O) groups excluding carboxylic acids is 2. The standard InChI is InChI=1S/C60H38Cl2F12N6O7/c1-83-13-11-79-47-17-29(15-43(69)55(47)77-49(79)23-33-41(67)21-35(53(73)51(33)71)45-9-7-37(63)57(75-45)85-25-27-3-5-31(61)19-39(27)65)59(81)87-60(82)30-16-44(70)56-48(18-30)80(12-14-84-2)50(78-56)24-34-42(68)22-36(54(74)52(34)72)46-10-8-38(64)58(76-46)86-26-28-4-6-32(62)20-40(28)66/h3-10,15-22H,11-14,23-26H2,1-2H3. The second-order valence-corrected chi connectivity index (χ2v) is 19.9. The third kappa shape index (κ3) is 12.6. The van der Waals surface area contributed by atoms with Gasteiger partial charge in [-0.25, -0.2) is 82.2 Å². The number of imidazole rings is 2. The minimum absolute atomic E-state index is 0.0468. The van der Waals surface area contributed by atoms with E-state index < -0.39 is 175 Å². The predicted molar refractivity (Wildman–Crippen MR) is 289 cm³/mol. The van der Waals surface area contributed by atoms with Gasteiger partial charge in [0, 0.05) is 83.6 Å². The molecule has 4 aromatic heterocycles. The predicted octanol–water partition coefficient (Wildman–Crippen LogP) is 14.1. The number of methoxy groups -OCH3 is 2. The largest absolute Gasteiger partial charge is 0.471 e. The van der Waals surface area contributed by atoms with Gasteiger partial charge in [0.05, 0.1) is 46.8 Å². The maximum Gasteiger partial charge on any atom is 0.346 e. The van der Waals surface area contributed by atoms with Crippen molar-refractivity contribution in [3.8, 4) is 34.3 Å². The normalized spacial score (nSPS) is 11.5. The highest BCUT2D eigenvalue weighted by molar-refractivity contribution is 6.30. The lowest BCUT2D eigenvalue weighted by Gasteiger charge is -2.13. The molecular formula is C60H38Cl2F12N6O7. The third-order valence-corrected chi connectivity index (χ3v) is 14.1. The summed E-state index contributed by atoms with van der Waals surface area (Å²) in [7, 11) is 2.59. The Morgan fingerprint density at radius 1 is 0.448 bits per heavy atom. The molecule has 87 heavy (non-hydrogen) atoms. The zero-order valence-electron chi connectivity index (χ0n) is 44.7. The van der Waals surface area contributed by atoms with E-state index in [1.54, 1.807) is 0 Å². The van der Waals surface area contributed by atoms with Crippen molar-refractivity contribution < 1.29 is 86.0 Å². The summed E-state index contributed by atoms with van der Waals surface area (Å²) in [5.74, 6) is -20.6. The van der Waals surface area contributed by atoms with Gasteiger partial charge in [-0.15, -0.1) is 0 Å². The van der Waals surface area contributed by atoms with E-state index in [4.69, 9.17) is 46.9 Å². The summed E-state index contributed by atoms with van der Waals surface area (Å²) in [6, 6.07) is 15.1. The molecule has 0 fully saturated rings. The lowest BCUT2D eigenvalue weighted by Crippen LogP contribution is -2.15. The van der Waals surface area contributed by atoms with Crippen molar-refractivity contribution in [3.63, 3.8) is 0 Å². The smallest absolute Gasteiger partial charge is 0.346 e. The summed E-state index contributed by atoms with van der Waals surface area (Å²) in [5, 5.41) is 0.158. The van der Waals surface area contributed by atoms with Crippen molar-refractivity contribution in [3.05, 3.63) is 222 Å². The van der Waals surface area contributed by atoms with Gasteiger partial charge in [-0.05, 0) is 84.9 Å². The van der Waals surface area contributed by atoms with Crippen LogP contribution in [-0.2, 0) is 53.4 Å². The molecule has 0 amide bonds. The van der Waals surface area contributed by atoms with Gasteiger partial charge in [0.25, 0.3) is 11.8 Å². The third-order valence-electron chi connectivity index (χ3n) is 13.6. The lowest BCUT2D eigenvalue weighted by molar-refractivity contribution is 0.0397. The number of carbonyl (C=O) groups is 2. The molecule has 0 unspecified atom stereocenters. The summed E-state index contributed by atoms with van der Waals surface area (Å²) in [4.78, 5) is 43.4. The van der Waals surface area contributed by atoms with Crippen molar-refractivity contribution in [2.45, 2.75) is 39.1 Å². The highest BCUT2D eigenvalue weighted by atomic mass is 35.5. The van der Waals surface area contributed by atoms with Crippen molar-refractivity contribution in [1.82, 2.24) is 29.1 Å². The SMILES string of the molecule is COCCn1c(Cc2c(F)cc(-c3ccc(F)c(OCc4ccc(Cl)cc4F)n3)c(F)c2F)nc2c(F)cc(C(=O)OC(=O)c3cc(F)c4nc(Cc5c(F)cc(-c6ccc(F)c(OCc7ccc(Cl)cc7F)n6)c(F)c5F)n(CCOC)c4c3)cc21. The molecule has 6 aromatic carbocycles. The van der Waals surface area contributed by atoms with Crippen LogP contribution in [0.1, 0.15) is 54.6 Å². The van der Waals surface area contributed by atoms with E-state index in [0.29, 0.717) is 24.3 Å². The Morgan fingerprint density at radius 2 is 0.851 bits per heavy atom. The minimum Gasteiger partial charge on any atom is -0.471 e. The van der Waals surface area contributed by atoms with Gasteiger partial charge in [-0.3, -0.25) is 0 Å². The van der Waals surface area contributed by atoms with Crippen LogP contribution in [0.3, 0.4) is 0 Å². The summed E-state index contributed by atoms with van der Waals surface area (Å²) in [6.45, 7) is -1.78. The monoisotopic (exact) mass is 1250 g/mol. The lowest BCUT2D eigenvalue weighted by atomic mass is 10.0. The summed E-state index contributed by atoms with van der Waals surface area (Å²) in [6.07, 6.45) is -1.67. The van der Waals surface area contributed by atoms with Gasteiger partial charge in [0.1, 0.15) is 59.2 Å². The fraction of sp³-hybridized carbons (Fsp3) is 0.167. The van der Waals surface area contributed by atoms with Crippen LogP contribution in [-0.4, -0.2) is 68.4 Å². The first-order valence-corrected chi connectivity index (χ1v) is 26.3. The van der Waals surface area contributed by atoms with Crippen LogP contribution in [0.25, 0.3) is 44.6 Å². The van der Waals surface area contributed by atoms with Gasteiger partial charge < -0.3 is 32.8 Å². The summed E-state index contributed by atoms with van der Waals surface area (Å²) < 4.78 is 214. The van der Waals surface area contributed by atoms with Gasteiger partial charge in [0.2, 0.25) is 0 Å². The molecule has 13 nitrogen and oxygen atoms in total. The van der Waals surface area contributed by atoms with Gasteiger partial charge in [0.15, 0.2) is 46.5 Å². The number of aromatic nitrogens is 6. The molecule has 0 aliphatic rings. The first-order chi connectivity index (χ1) is 41.6. The molecule has 0 saturated carbocycles. The van der Waals surface area contributed by atoms with Crippen LogP contribution in [0, 0.1) is 69.8 Å². The van der Waals surface area contributed by atoms with Crippen LogP contribution in [0.2, 0.25) is 10.0 Å². The Kier molecular flexibility index (Phi) is 17.9. The van der Waals surface area contributed by atoms with E-state index >= 15 is 35.1 Å². The van der Waals surface area contributed by atoms with Crippen molar-refractivity contribution in [1.29, 1.82) is 0 Å². The molecule has 448 valence electrons. The Bertz CT molecular complexity index is 4120. The molecule has 0 radical (unpaired) electrons. The maximum absolute atomic E-state index is 16.0. The molecule has 4 heterocycles. The second-order valence-electron chi connectivity index (χ2n) is 19.1. The van der Waals surface area contributed by atoms with Crippen LogP contribution in [0.5, 0.6) is 11.8 Å². The van der Waals surface area contributed by atoms with Gasteiger partial charge in [-0.2, -0.15) is 0 Å². The number of hydrogen-bond acceptors (Lipinski definition) is 11. The molecule has 27 heteroatoms. The van der Waals surface area contributed by atoms with Gasteiger partial charge in [-0.1, -0.05) is 35.3 Å². The first-order valence-electron chi connectivity index (χ1n) is 25.5. The number of ether oxygens (including phenoxy) is 5. The number of pyridine rings is 2. The molecule has 0 bridgehead atoms. The topological polar surface area (TPSA) is 142 Å². The Hall–Kier alpha value is -9.04. The van der Waals surface area contributed by atoms with Crippen LogP contribution < -0.4 is 9.47 Å². The minimum atomic E-state index is -1.73. The molecule has 0 aliphatic carbocycles. The highest BCUT2D eigenvalue weighted by Crippen LogP contribution is 2.35. The van der Waals surface area contributed by atoms with E-state index in [1.807, 2.05) is 0 Å². The molecular weight excluding hydrogens is 1220 g/mol. The average Bonchev–Trinajstić information content (AvgIpc) is 1.79. The van der Waals surface area contributed by atoms with Crippen LogP contribution in [0.4, 0.5) is 52.7 Å². The van der Waals surface area contributed by atoms with Gasteiger partial charge >= 0.3 is 11.9 Å². The summed E-state index contributed by atoms with van der Waals surface area (Å²) >= 11 is 11.6. The van der Waals surface area contributed by atoms with Crippen LogP contribution in [0.15, 0.2) is 97.1 Å². The summed E-state index contributed by atoms with van der Waals surface area (Å²) in [5.41, 5.74) is -6.90. The highest BCUT2D eigenvalue weighted by Gasteiger charge is 2.29.